The Morgan fingerprint density at radius 1 is 1.32 bits per heavy atom. The fourth-order valence-corrected chi connectivity index (χ4v) is 1.60. The molecular weight excluding hydrogens is 246 g/mol. The summed E-state index contributed by atoms with van der Waals surface area (Å²) in [6, 6.07) is 8.56. The van der Waals surface area contributed by atoms with E-state index in [4.69, 9.17) is 15.6 Å². The lowest BCUT2D eigenvalue weighted by Gasteiger charge is -2.06. The first-order valence-corrected chi connectivity index (χ1v) is 5.90. The Bertz CT molecular complexity index is 593. The van der Waals surface area contributed by atoms with E-state index in [-0.39, 0.29) is 18.1 Å². The van der Waals surface area contributed by atoms with E-state index in [2.05, 4.69) is 9.97 Å². The van der Waals surface area contributed by atoms with Gasteiger partial charge in [0.25, 0.3) is 5.56 Å². The van der Waals surface area contributed by atoms with Crippen LogP contribution in [0.25, 0.3) is 11.3 Å². The Hall–Kier alpha value is -2.34. The molecule has 0 atom stereocenters. The summed E-state index contributed by atoms with van der Waals surface area (Å²) < 4.78 is 5.41. The molecule has 0 fully saturated rings. The highest BCUT2D eigenvalue weighted by Gasteiger charge is 2.02. The average Bonchev–Trinajstić information content (AvgIpc) is 2.39. The van der Waals surface area contributed by atoms with E-state index in [1.54, 1.807) is 24.3 Å². The molecule has 0 aliphatic carbocycles. The second-order valence-electron chi connectivity index (χ2n) is 3.97. The minimum Gasteiger partial charge on any atom is -0.494 e. The molecule has 2 aromatic rings. The van der Waals surface area contributed by atoms with Crippen molar-refractivity contribution in [1.82, 2.24) is 9.97 Å². The maximum Gasteiger partial charge on any atom is 0.252 e. The summed E-state index contributed by atoms with van der Waals surface area (Å²) in [5, 5.41) is 8.66. The fourth-order valence-electron chi connectivity index (χ4n) is 1.60. The van der Waals surface area contributed by atoms with Gasteiger partial charge in [0.05, 0.1) is 12.3 Å². The van der Waals surface area contributed by atoms with E-state index in [0.717, 1.165) is 5.56 Å². The van der Waals surface area contributed by atoms with Crippen molar-refractivity contribution in [1.29, 1.82) is 0 Å². The lowest BCUT2D eigenvalue weighted by molar-refractivity contribution is 0.233. The Balaban J connectivity index is 2.15. The average molecular weight is 261 g/mol. The third-order valence-electron chi connectivity index (χ3n) is 2.48. The number of aromatic amines is 1. The van der Waals surface area contributed by atoms with Crippen molar-refractivity contribution >= 4 is 5.95 Å². The molecule has 19 heavy (non-hydrogen) atoms. The Labute approximate surface area is 109 Å². The highest BCUT2D eigenvalue weighted by atomic mass is 16.5. The molecule has 0 bridgehead atoms. The molecule has 6 heteroatoms. The molecule has 1 aromatic heterocycles. The molecule has 0 spiro atoms. The van der Waals surface area contributed by atoms with E-state index in [1.165, 1.54) is 6.07 Å². The first-order valence-electron chi connectivity index (χ1n) is 5.90. The number of anilines is 1. The molecule has 0 radical (unpaired) electrons. The number of benzene rings is 1. The van der Waals surface area contributed by atoms with Gasteiger partial charge in [-0.3, -0.25) is 9.78 Å². The summed E-state index contributed by atoms with van der Waals surface area (Å²) in [7, 11) is 0. The van der Waals surface area contributed by atoms with Gasteiger partial charge in [-0.2, -0.15) is 0 Å². The van der Waals surface area contributed by atoms with Crippen LogP contribution >= 0.6 is 0 Å². The van der Waals surface area contributed by atoms with Crippen molar-refractivity contribution in [3.05, 3.63) is 40.7 Å². The maximum atomic E-state index is 11.3. The zero-order chi connectivity index (χ0) is 13.7. The number of nitrogens with one attached hydrogen (secondary N) is 1. The van der Waals surface area contributed by atoms with Gasteiger partial charge in [-0.15, -0.1) is 0 Å². The zero-order valence-electron chi connectivity index (χ0n) is 10.3. The predicted octanol–water partition coefficient (Wildman–Crippen LogP) is 0.780. The van der Waals surface area contributed by atoms with E-state index in [1.807, 2.05) is 0 Å². The van der Waals surface area contributed by atoms with Gasteiger partial charge in [0.15, 0.2) is 0 Å². The van der Waals surface area contributed by atoms with E-state index in [0.29, 0.717) is 24.5 Å². The second-order valence-corrected chi connectivity index (χ2v) is 3.97. The molecule has 0 aliphatic rings. The van der Waals surface area contributed by atoms with Gasteiger partial charge < -0.3 is 15.6 Å². The van der Waals surface area contributed by atoms with E-state index in [9.17, 15) is 4.79 Å². The normalized spacial score (nSPS) is 10.4. The maximum absolute atomic E-state index is 11.3. The van der Waals surface area contributed by atoms with E-state index < -0.39 is 0 Å². The highest BCUT2D eigenvalue weighted by Crippen LogP contribution is 2.20. The number of hydrogen-bond donors (Lipinski definition) is 3. The number of rotatable bonds is 5. The summed E-state index contributed by atoms with van der Waals surface area (Å²) in [5.41, 5.74) is 6.51. The van der Waals surface area contributed by atoms with Gasteiger partial charge in [-0.25, -0.2) is 4.98 Å². The number of nitrogens with two attached hydrogens (primary N) is 1. The number of ether oxygens (including phenoxy) is 1. The van der Waals surface area contributed by atoms with Gasteiger partial charge >= 0.3 is 0 Å². The fraction of sp³-hybridized carbons (Fsp3) is 0.231. The summed E-state index contributed by atoms with van der Waals surface area (Å²) >= 11 is 0. The Morgan fingerprint density at radius 3 is 2.68 bits per heavy atom. The van der Waals surface area contributed by atoms with Crippen molar-refractivity contribution in [2.75, 3.05) is 18.9 Å². The zero-order valence-corrected chi connectivity index (χ0v) is 10.3. The summed E-state index contributed by atoms with van der Waals surface area (Å²) in [6.45, 7) is 0.570. The highest BCUT2D eigenvalue weighted by molar-refractivity contribution is 5.60. The number of aliphatic hydroxyl groups excluding tert-OH is 1. The topological polar surface area (TPSA) is 101 Å². The molecule has 4 N–H and O–H groups in total. The lowest BCUT2D eigenvalue weighted by Crippen LogP contribution is -2.10. The van der Waals surface area contributed by atoms with Crippen LogP contribution < -0.4 is 16.0 Å². The molecule has 0 aliphatic heterocycles. The molecule has 0 saturated heterocycles. The molecule has 2 rings (SSSR count). The van der Waals surface area contributed by atoms with Gasteiger partial charge in [-0.05, 0) is 24.3 Å². The molecule has 0 unspecified atom stereocenters. The Kier molecular flexibility index (Phi) is 4.15. The quantitative estimate of drug-likeness (QED) is 0.690. The largest absolute Gasteiger partial charge is 0.494 e. The van der Waals surface area contributed by atoms with Crippen LogP contribution in [0.15, 0.2) is 35.1 Å². The number of H-pyrrole nitrogens is 1. The number of aromatic nitrogens is 2. The van der Waals surface area contributed by atoms with Crippen molar-refractivity contribution in [3.63, 3.8) is 0 Å². The standard InChI is InChI=1S/C13H15N3O3/c14-13-15-11(8-12(18)16-13)9-2-4-10(5-3-9)19-7-1-6-17/h2-5,8,17H,1,6-7H2,(H3,14,15,16,18). The van der Waals surface area contributed by atoms with Crippen LogP contribution in [0.4, 0.5) is 5.95 Å². The number of aliphatic hydroxyl groups is 1. The third kappa shape index (κ3) is 3.56. The van der Waals surface area contributed by atoms with Crippen molar-refractivity contribution < 1.29 is 9.84 Å². The minimum atomic E-state index is -0.286. The van der Waals surface area contributed by atoms with Crippen LogP contribution in [0.1, 0.15) is 6.42 Å². The molecule has 0 amide bonds. The molecule has 1 heterocycles. The van der Waals surface area contributed by atoms with Crippen molar-refractivity contribution in [2.45, 2.75) is 6.42 Å². The monoisotopic (exact) mass is 261 g/mol. The molecule has 100 valence electrons. The first kappa shape index (κ1) is 13.1. The van der Waals surface area contributed by atoms with Gasteiger partial charge in [0.2, 0.25) is 5.95 Å². The molecule has 0 saturated carbocycles. The lowest BCUT2D eigenvalue weighted by atomic mass is 10.1. The van der Waals surface area contributed by atoms with Crippen LogP contribution in [0.5, 0.6) is 5.75 Å². The van der Waals surface area contributed by atoms with Crippen LogP contribution in [0, 0.1) is 0 Å². The molecular formula is C13H15N3O3. The van der Waals surface area contributed by atoms with Gasteiger partial charge in [0.1, 0.15) is 5.75 Å². The summed E-state index contributed by atoms with van der Waals surface area (Å²) in [6.07, 6.45) is 0.591. The Morgan fingerprint density at radius 2 is 2.05 bits per heavy atom. The minimum absolute atomic E-state index is 0.0887. The number of hydrogen-bond acceptors (Lipinski definition) is 5. The third-order valence-corrected chi connectivity index (χ3v) is 2.48. The first-order chi connectivity index (χ1) is 9.19. The van der Waals surface area contributed by atoms with Crippen LogP contribution in [-0.2, 0) is 0 Å². The van der Waals surface area contributed by atoms with Gasteiger partial charge in [-0.1, -0.05) is 0 Å². The molecule has 6 nitrogen and oxygen atoms in total. The predicted molar refractivity (Wildman–Crippen MR) is 71.9 cm³/mol. The summed E-state index contributed by atoms with van der Waals surface area (Å²) in [5.74, 6) is 0.792. The van der Waals surface area contributed by atoms with Crippen molar-refractivity contribution in [3.8, 4) is 17.0 Å². The van der Waals surface area contributed by atoms with E-state index >= 15 is 0 Å². The van der Waals surface area contributed by atoms with Crippen LogP contribution in [-0.4, -0.2) is 28.3 Å². The number of nitrogen functional groups attached to an aromatic ring is 1. The van der Waals surface area contributed by atoms with Crippen molar-refractivity contribution in [2.24, 2.45) is 0 Å². The second kappa shape index (κ2) is 6.01. The van der Waals surface area contributed by atoms with Crippen LogP contribution in [0.3, 0.4) is 0 Å². The smallest absolute Gasteiger partial charge is 0.252 e. The van der Waals surface area contributed by atoms with Gasteiger partial charge in [0, 0.05) is 24.7 Å². The summed E-state index contributed by atoms with van der Waals surface area (Å²) in [4.78, 5) is 17.7. The molecule has 1 aromatic carbocycles. The SMILES string of the molecule is Nc1nc(-c2ccc(OCCCO)cc2)cc(=O)[nH]1. The number of nitrogens with zero attached hydrogens (tertiary/aromatic N) is 1. The van der Waals surface area contributed by atoms with Crippen LogP contribution in [0.2, 0.25) is 0 Å².